The average molecular weight is 352 g/mol. The van der Waals surface area contributed by atoms with Gasteiger partial charge in [-0.1, -0.05) is 18.2 Å². The minimum atomic E-state index is -0.511. The molecule has 0 saturated carbocycles. The van der Waals surface area contributed by atoms with Crippen molar-refractivity contribution in [3.05, 3.63) is 71.6 Å². The van der Waals surface area contributed by atoms with Crippen LogP contribution in [0.15, 0.2) is 48.9 Å². The molecule has 26 heavy (non-hydrogen) atoms. The number of nitrogens with one attached hydrogen (secondary N) is 2. The third kappa shape index (κ3) is 3.37. The Bertz CT molecular complexity index is 942. The third-order valence-corrected chi connectivity index (χ3v) is 4.18. The van der Waals surface area contributed by atoms with E-state index in [9.17, 15) is 9.59 Å². The number of hydrogen-bond donors (Lipinski definition) is 2. The van der Waals surface area contributed by atoms with Crippen LogP contribution in [-0.2, 0) is 7.05 Å². The molecule has 7 heteroatoms. The van der Waals surface area contributed by atoms with Crippen molar-refractivity contribution in [3.63, 3.8) is 0 Å². The molecule has 0 aliphatic heterocycles. The maximum absolute atomic E-state index is 12.7. The largest absolute Gasteiger partial charge is 0.496 e. The van der Waals surface area contributed by atoms with E-state index in [-0.39, 0.29) is 11.7 Å². The number of para-hydroxylation sites is 1. The fourth-order valence-electron chi connectivity index (χ4n) is 2.78. The summed E-state index contributed by atoms with van der Waals surface area (Å²) in [6.45, 7) is 1.45. The van der Waals surface area contributed by atoms with Gasteiger partial charge in [0.1, 0.15) is 23.3 Å². The van der Waals surface area contributed by atoms with Gasteiger partial charge in [-0.05, 0) is 19.1 Å². The van der Waals surface area contributed by atoms with E-state index in [2.05, 4.69) is 15.3 Å². The second kappa shape index (κ2) is 7.26. The highest BCUT2D eigenvalue weighted by Crippen LogP contribution is 2.29. The number of carbonyl (C=O) groups is 2. The molecular weight excluding hydrogens is 332 g/mol. The van der Waals surface area contributed by atoms with Gasteiger partial charge in [0.15, 0.2) is 5.78 Å². The first-order valence-corrected chi connectivity index (χ1v) is 8.11. The highest BCUT2D eigenvalue weighted by atomic mass is 16.5. The number of ketones is 1. The van der Waals surface area contributed by atoms with Crippen molar-refractivity contribution in [3.8, 4) is 5.75 Å². The highest BCUT2D eigenvalue weighted by Gasteiger charge is 2.25. The summed E-state index contributed by atoms with van der Waals surface area (Å²) in [5.74, 6) is 0.875. The maximum atomic E-state index is 12.7. The van der Waals surface area contributed by atoms with E-state index in [0.29, 0.717) is 22.8 Å². The number of aryl methyl sites for hydroxylation is 1. The van der Waals surface area contributed by atoms with Crippen molar-refractivity contribution in [2.75, 3.05) is 7.11 Å². The molecular formula is C19H20N4O3. The molecule has 7 nitrogen and oxygen atoms in total. The molecule has 1 amide bonds. The first-order valence-electron chi connectivity index (χ1n) is 8.11. The summed E-state index contributed by atoms with van der Waals surface area (Å²) < 4.78 is 7.29. The zero-order valence-corrected chi connectivity index (χ0v) is 14.8. The molecule has 0 fully saturated rings. The average Bonchev–Trinajstić information content (AvgIpc) is 3.29. The Labute approximate surface area is 151 Å². The molecule has 0 aliphatic rings. The van der Waals surface area contributed by atoms with Gasteiger partial charge in [-0.25, -0.2) is 4.98 Å². The number of Topliss-reactive ketones (excluding diaryl/α,β-unsaturated/α-hetero) is 1. The van der Waals surface area contributed by atoms with E-state index in [1.54, 1.807) is 13.3 Å². The van der Waals surface area contributed by atoms with Crippen molar-refractivity contribution < 1.29 is 14.3 Å². The Balaban J connectivity index is 1.97. The van der Waals surface area contributed by atoms with E-state index in [0.717, 1.165) is 5.56 Å². The summed E-state index contributed by atoms with van der Waals surface area (Å²) in [6, 6.07) is 8.48. The predicted octanol–water partition coefficient (Wildman–Crippen LogP) is 2.48. The van der Waals surface area contributed by atoms with Crippen LogP contribution in [-0.4, -0.2) is 33.3 Å². The number of amides is 1. The number of nitrogens with zero attached hydrogens (tertiary/aromatic N) is 2. The molecule has 2 N–H and O–H groups in total. The molecule has 0 saturated heterocycles. The SMILES string of the molecule is COc1ccccc1C(NC(=O)c1cc(C(C)=O)c[nH]1)c1nccn1C. The smallest absolute Gasteiger partial charge is 0.268 e. The molecule has 2 aromatic heterocycles. The minimum Gasteiger partial charge on any atom is -0.496 e. The van der Waals surface area contributed by atoms with Crippen LogP contribution in [0.4, 0.5) is 0 Å². The van der Waals surface area contributed by atoms with E-state index in [1.165, 1.54) is 19.2 Å². The zero-order chi connectivity index (χ0) is 18.7. The van der Waals surface area contributed by atoms with Crippen molar-refractivity contribution in [2.45, 2.75) is 13.0 Å². The first kappa shape index (κ1) is 17.5. The van der Waals surface area contributed by atoms with Gasteiger partial charge in [0, 0.05) is 36.8 Å². The number of methoxy groups -OCH3 is 1. The van der Waals surface area contributed by atoms with Gasteiger partial charge < -0.3 is 19.6 Å². The maximum Gasteiger partial charge on any atom is 0.268 e. The zero-order valence-electron chi connectivity index (χ0n) is 14.8. The molecule has 0 bridgehead atoms. The Morgan fingerprint density at radius 2 is 2.08 bits per heavy atom. The fourth-order valence-corrected chi connectivity index (χ4v) is 2.78. The molecule has 0 radical (unpaired) electrons. The Morgan fingerprint density at radius 3 is 2.69 bits per heavy atom. The van der Waals surface area contributed by atoms with Gasteiger partial charge in [-0.15, -0.1) is 0 Å². The molecule has 2 heterocycles. The number of rotatable bonds is 6. The number of aromatic nitrogens is 3. The predicted molar refractivity (Wildman–Crippen MR) is 96.3 cm³/mol. The number of imidazole rings is 1. The van der Waals surface area contributed by atoms with E-state index < -0.39 is 6.04 Å². The van der Waals surface area contributed by atoms with Gasteiger partial charge in [0.05, 0.1) is 7.11 Å². The normalized spacial score (nSPS) is 11.8. The summed E-state index contributed by atoms with van der Waals surface area (Å²) in [5, 5.41) is 2.97. The number of aromatic amines is 1. The summed E-state index contributed by atoms with van der Waals surface area (Å²) in [6.07, 6.45) is 5.01. The molecule has 0 aliphatic carbocycles. The van der Waals surface area contributed by atoms with Gasteiger partial charge in [-0.2, -0.15) is 0 Å². The van der Waals surface area contributed by atoms with E-state index in [4.69, 9.17) is 4.74 Å². The third-order valence-electron chi connectivity index (χ3n) is 4.18. The summed E-state index contributed by atoms with van der Waals surface area (Å²) in [4.78, 5) is 31.4. The lowest BCUT2D eigenvalue weighted by molar-refractivity contribution is 0.0936. The van der Waals surface area contributed by atoms with Crippen LogP contribution in [0.2, 0.25) is 0 Å². The lowest BCUT2D eigenvalue weighted by Gasteiger charge is -2.21. The molecule has 1 unspecified atom stereocenters. The van der Waals surface area contributed by atoms with Crippen molar-refractivity contribution in [1.82, 2.24) is 19.9 Å². The van der Waals surface area contributed by atoms with E-state index in [1.807, 2.05) is 42.1 Å². The number of carbonyl (C=O) groups excluding carboxylic acids is 2. The van der Waals surface area contributed by atoms with Gasteiger partial charge in [0.25, 0.3) is 5.91 Å². The molecule has 134 valence electrons. The second-order valence-corrected chi connectivity index (χ2v) is 5.90. The van der Waals surface area contributed by atoms with Crippen LogP contribution in [0.5, 0.6) is 5.75 Å². The molecule has 3 rings (SSSR count). The first-order chi connectivity index (χ1) is 12.5. The van der Waals surface area contributed by atoms with Crippen LogP contribution < -0.4 is 10.1 Å². The number of H-pyrrole nitrogens is 1. The standard InChI is InChI=1S/C19H20N4O3/c1-12(24)13-10-15(21-11-13)19(25)22-17(18-20-8-9-23(18)2)14-6-4-5-7-16(14)26-3/h4-11,17,21H,1-3H3,(H,22,25). The summed E-state index contributed by atoms with van der Waals surface area (Å²) in [5.41, 5.74) is 1.56. The number of hydrogen-bond acceptors (Lipinski definition) is 4. The Kier molecular flexibility index (Phi) is 4.88. The minimum absolute atomic E-state index is 0.106. The van der Waals surface area contributed by atoms with Crippen molar-refractivity contribution in [2.24, 2.45) is 7.05 Å². The lowest BCUT2D eigenvalue weighted by atomic mass is 10.0. The Morgan fingerprint density at radius 1 is 1.31 bits per heavy atom. The van der Waals surface area contributed by atoms with Crippen LogP contribution in [0, 0.1) is 0 Å². The van der Waals surface area contributed by atoms with Crippen molar-refractivity contribution >= 4 is 11.7 Å². The van der Waals surface area contributed by atoms with Gasteiger partial charge in [-0.3, -0.25) is 9.59 Å². The van der Waals surface area contributed by atoms with Crippen molar-refractivity contribution in [1.29, 1.82) is 0 Å². The quantitative estimate of drug-likeness (QED) is 0.667. The van der Waals surface area contributed by atoms with Crippen LogP contribution in [0.3, 0.4) is 0 Å². The second-order valence-electron chi connectivity index (χ2n) is 5.90. The molecule has 0 spiro atoms. The monoisotopic (exact) mass is 352 g/mol. The topological polar surface area (TPSA) is 89.0 Å². The van der Waals surface area contributed by atoms with Gasteiger partial charge >= 0.3 is 0 Å². The summed E-state index contributed by atoms with van der Waals surface area (Å²) >= 11 is 0. The highest BCUT2D eigenvalue weighted by molar-refractivity contribution is 5.99. The lowest BCUT2D eigenvalue weighted by Crippen LogP contribution is -2.31. The molecule has 1 aromatic carbocycles. The Hall–Kier alpha value is -3.35. The van der Waals surface area contributed by atoms with Crippen LogP contribution in [0.25, 0.3) is 0 Å². The van der Waals surface area contributed by atoms with Gasteiger partial charge in [0.2, 0.25) is 0 Å². The van der Waals surface area contributed by atoms with Crippen LogP contribution >= 0.6 is 0 Å². The molecule has 1 atom stereocenters. The number of ether oxygens (including phenoxy) is 1. The van der Waals surface area contributed by atoms with Crippen LogP contribution in [0.1, 0.15) is 45.2 Å². The van der Waals surface area contributed by atoms with E-state index >= 15 is 0 Å². The fraction of sp³-hybridized carbons (Fsp3) is 0.211. The molecule has 3 aromatic rings. The number of benzene rings is 1. The summed E-state index contributed by atoms with van der Waals surface area (Å²) in [7, 11) is 3.44.